The standard InChI is InChI=1S/C55H40F2N4/c1-33-15-20-45(35(3)25-33)40-17-22-47-48-23-18-41(46-21-16-34(2)26-36(46)4)31-52(48)61(51(47)30-40)50-24-19-39(42-27-43(56)32-44(57)28-42)29-49(50)55-59-53(37-11-7-5-8-12-37)58-54(60-55)38-13-9-6-10-14-38/h5-32H,1-4H3. The first-order valence-corrected chi connectivity index (χ1v) is 20.4. The van der Waals surface area contributed by atoms with Crippen molar-refractivity contribution in [1.29, 1.82) is 0 Å². The molecule has 0 aliphatic rings. The van der Waals surface area contributed by atoms with Crippen molar-refractivity contribution < 1.29 is 8.78 Å². The smallest absolute Gasteiger partial charge is 0.166 e. The van der Waals surface area contributed by atoms with E-state index in [-0.39, 0.29) is 0 Å². The van der Waals surface area contributed by atoms with Crippen molar-refractivity contribution in [1.82, 2.24) is 19.5 Å². The third kappa shape index (κ3) is 7.06. The van der Waals surface area contributed by atoms with Crippen LogP contribution in [0.1, 0.15) is 22.3 Å². The molecule has 0 spiro atoms. The second-order valence-electron chi connectivity index (χ2n) is 15.9. The van der Waals surface area contributed by atoms with Gasteiger partial charge < -0.3 is 4.57 Å². The first-order chi connectivity index (χ1) is 29.7. The molecule has 0 atom stereocenters. The fraction of sp³-hybridized carbons (Fsp3) is 0.0727. The molecule has 0 N–H and O–H groups in total. The molecule has 0 aliphatic carbocycles. The number of benzene rings is 8. The van der Waals surface area contributed by atoms with Gasteiger partial charge in [0.1, 0.15) is 11.6 Å². The zero-order valence-corrected chi connectivity index (χ0v) is 34.2. The normalized spacial score (nSPS) is 11.4. The molecule has 0 aliphatic heterocycles. The second-order valence-corrected chi connectivity index (χ2v) is 15.9. The van der Waals surface area contributed by atoms with Crippen molar-refractivity contribution in [2.75, 3.05) is 0 Å². The summed E-state index contributed by atoms with van der Waals surface area (Å²) in [7, 11) is 0. The van der Waals surface area contributed by atoms with Gasteiger partial charge in [-0.25, -0.2) is 23.7 Å². The monoisotopic (exact) mass is 794 g/mol. The number of aryl methyl sites for hydroxylation is 4. The molecular weight excluding hydrogens is 755 g/mol. The van der Waals surface area contributed by atoms with Crippen molar-refractivity contribution in [3.05, 3.63) is 204 Å². The van der Waals surface area contributed by atoms with Gasteiger partial charge >= 0.3 is 0 Å². The number of rotatable bonds is 7. The minimum atomic E-state index is -0.654. The highest BCUT2D eigenvalue weighted by Crippen LogP contribution is 2.41. The Kier molecular flexibility index (Phi) is 9.41. The molecule has 6 heteroatoms. The SMILES string of the molecule is Cc1ccc(-c2ccc3c4ccc(-c5ccc(C)cc5C)cc4n(-c4ccc(-c5cc(F)cc(F)c5)cc4-c4nc(-c5ccccc5)nc(-c5ccccc5)n4)c3c2)c(C)c1. The molecule has 61 heavy (non-hydrogen) atoms. The molecule has 8 aromatic carbocycles. The number of aromatic nitrogens is 4. The Morgan fingerprint density at radius 2 is 0.836 bits per heavy atom. The molecule has 0 bridgehead atoms. The van der Waals surface area contributed by atoms with Crippen molar-refractivity contribution in [2.45, 2.75) is 27.7 Å². The molecule has 10 aromatic rings. The van der Waals surface area contributed by atoms with E-state index in [9.17, 15) is 8.78 Å². The molecule has 0 fully saturated rings. The molecular formula is C55H40F2N4. The molecule has 294 valence electrons. The molecule has 0 radical (unpaired) electrons. The first kappa shape index (κ1) is 37.7. The van der Waals surface area contributed by atoms with Crippen molar-refractivity contribution in [2.24, 2.45) is 0 Å². The molecule has 2 heterocycles. The molecule has 0 saturated heterocycles. The van der Waals surface area contributed by atoms with Crippen LogP contribution in [0.2, 0.25) is 0 Å². The van der Waals surface area contributed by atoms with Gasteiger partial charge in [0, 0.05) is 33.5 Å². The van der Waals surface area contributed by atoms with Gasteiger partial charge in [0.2, 0.25) is 0 Å². The maximum absolute atomic E-state index is 14.8. The van der Waals surface area contributed by atoms with Gasteiger partial charge in [0.15, 0.2) is 17.5 Å². The zero-order chi connectivity index (χ0) is 41.8. The van der Waals surface area contributed by atoms with Crippen LogP contribution in [-0.2, 0) is 0 Å². The van der Waals surface area contributed by atoms with E-state index in [1.165, 1.54) is 34.4 Å². The maximum Gasteiger partial charge on any atom is 0.166 e. The molecule has 2 aromatic heterocycles. The van der Waals surface area contributed by atoms with Crippen LogP contribution in [0, 0.1) is 39.3 Å². The third-order valence-electron chi connectivity index (χ3n) is 11.5. The van der Waals surface area contributed by atoms with E-state index < -0.39 is 11.6 Å². The van der Waals surface area contributed by atoms with Gasteiger partial charge in [-0.05, 0) is 109 Å². The highest BCUT2D eigenvalue weighted by molar-refractivity contribution is 6.12. The van der Waals surface area contributed by atoms with Crippen LogP contribution in [0.4, 0.5) is 8.78 Å². The number of halogens is 2. The summed E-state index contributed by atoms with van der Waals surface area (Å²) >= 11 is 0. The maximum atomic E-state index is 14.8. The molecule has 0 unspecified atom stereocenters. The Labute approximate surface area is 353 Å². The number of hydrogen-bond acceptors (Lipinski definition) is 3. The minimum absolute atomic E-state index is 0.405. The van der Waals surface area contributed by atoms with Crippen molar-refractivity contribution in [3.8, 4) is 73.2 Å². The van der Waals surface area contributed by atoms with Gasteiger partial charge in [-0.1, -0.05) is 139 Å². The predicted octanol–water partition coefficient (Wildman–Crippen LogP) is 14.5. The van der Waals surface area contributed by atoms with E-state index in [2.05, 4.69) is 105 Å². The molecule has 0 saturated carbocycles. The van der Waals surface area contributed by atoms with Crippen LogP contribution in [0.3, 0.4) is 0 Å². The zero-order valence-electron chi connectivity index (χ0n) is 34.2. The summed E-state index contributed by atoms with van der Waals surface area (Å²) in [6.45, 7) is 8.53. The largest absolute Gasteiger partial charge is 0.308 e. The Hall–Kier alpha value is -7.57. The van der Waals surface area contributed by atoms with E-state index >= 15 is 0 Å². The van der Waals surface area contributed by atoms with Crippen LogP contribution in [-0.4, -0.2) is 19.5 Å². The second kappa shape index (κ2) is 15.2. The number of nitrogens with zero attached hydrogens (tertiary/aromatic N) is 4. The quantitative estimate of drug-likeness (QED) is 0.161. The van der Waals surface area contributed by atoms with Gasteiger partial charge in [0.25, 0.3) is 0 Å². The van der Waals surface area contributed by atoms with Crippen LogP contribution in [0.25, 0.3) is 95.0 Å². The third-order valence-corrected chi connectivity index (χ3v) is 11.5. The van der Waals surface area contributed by atoms with Gasteiger partial charge in [0.05, 0.1) is 16.7 Å². The lowest BCUT2D eigenvalue weighted by atomic mass is 9.96. The Bertz CT molecular complexity index is 3130. The Balaban J connectivity index is 1.32. The lowest BCUT2D eigenvalue weighted by Crippen LogP contribution is -2.04. The summed E-state index contributed by atoms with van der Waals surface area (Å²) in [5.74, 6) is 0.133. The molecule has 10 rings (SSSR count). The summed E-state index contributed by atoms with van der Waals surface area (Å²) in [5.41, 5.74) is 15.5. The summed E-state index contributed by atoms with van der Waals surface area (Å²) in [6, 6.07) is 55.7. The molecule has 4 nitrogen and oxygen atoms in total. The van der Waals surface area contributed by atoms with E-state index in [0.29, 0.717) is 34.2 Å². The highest BCUT2D eigenvalue weighted by Gasteiger charge is 2.22. The van der Waals surface area contributed by atoms with E-state index in [0.717, 1.165) is 66.9 Å². The van der Waals surface area contributed by atoms with Crippen LogP contribution >= 0.6 is 0 Å². The van der Waals surface area contributed by atoms with Crippen molar-refractivity contribution >= 4 is 21.8 Å². The fourth-order valence-corrected chi connectivity index (χ4v) is 8.63. The average molecular weight is 795 g/mol. The Morgan fingerprint density at radius 3 is 1.33 bits per heavy atom. The average Bonchev–Trinajstić information content (AvgIpc) is 3.59. The van der Waals surface area contributed by atoms with E-state index in [1.54, 1.807) is 0 Å². The predicted molar refractivity (Wildman–Crippen MR) is 246 cm³/mol. The van der Waals surface area contributed by atoms with Crippen LogP contribution in [0.15, 0.2) is 170 Å². The van der Waals surface area contributed by atoms with Gasteiger partial charge in [-0.15, -0.1) is 0 Å². The summed E-state index contributed by atoms with van der Waals surface area (Å²) < 4.78 is 32.0. The fourth-order valence-electron chi connectivity index (χ4n) is 8.63. The number of hydrogen-bond donors (Lipinski definition) is 0. The summed E-state index contributed by atoms with van der Waals surface area (Å²) in [5, 5.41) is 2.17. The first-order valence-electron chi connectivity index (χ1n) is 20.4. The highest BCUT2D eigenvalue weighted by atomic mass is 19.1. The van der Waals surface area contributed by atoms with Gasteiger partial charge in [-0.3, -0.25) is 0 Å². The lowest BCUT2D eigenvalue weighted by molar-refractivity contribution is 0.584. The van der Waals surface area contributed by atoms with Crippen molar-refractivity contribution in [3.63, 3.8) is 0 Å². The lowest BCUT2D eigenvalue weighted by Gasteiger charge is -2.17. The Morgan fingerprint density at radius 1 is 0.361 bits per heavy atom. The van der Waals surface area contributed by atoms with E-state index in [4.69, 9.17) is 15.0 Å². The van der Waals surface area contributed by atoms with Gasteiger partial charge in [-0.2, -0.15) is 0 Å². The minimum Gasteiger partial charge on any atom is -0.308 e. The summed E-state index contributed by atoms with van der Waals surface area (Å²) in [4.78, 5) is 15.4. The van der Waals surface area contributed by atoms with Crippen LogP contribution < -0.4 is 0 Å². The number of fused-ring (bicyclic) bond motifs is 3. The van der Waals surface area contributed by atoms with E-state index in [1.807, 2.05) is 78.9 Å². The van der Waals surface area contributed by atoms with Crippen LogP contribution in [0.5, 0.6) is 0 Å². The topological polar surface area (TPSA) is 43.6 Å². The molecule has 0 amide bonds. The summed E-state index contributed by atoms with van der Waals surface area (Å²) in [6.07, 6.45) is 0.